The zero-order chi connectivity index (χ0) is 22.7. The van der Waals surface area contributed by atoms with Crippen LogP contribution >= 0.6 is 24.0 Å². The maximum Gasteiger partial charge on any atom is 0.268 e. The summed E-state index contributed by atoms with van der Waals surface area (Å²) in [4.78, 5) is 35.8. The summed E-state index contributed by atoms with van der Waals surface area (Å²) in [6.07, 6.45) is 8.02. The largest absolute Gasteiger partial charge is 0.351 e. The van der Waals surface area contributed by atoms with Crippen molar-refractivity contribution in [2.75, 3.05) is 46.3 Å². The average molecular weight is 492 g/mol. The maximum absolute atomic E-state index is 13.2. The second-order valence-electron chi connectivity index (χ2n) is 8.74. The second-order valence-corrected chi connectivity index (χ2v) is 9.18. The van der Waals surface area contributed by atoms with Gasteiger partial charge in [-0.05, 0) is 57.2 Å². The van der Waals surface area contributed by atoms with E-state index in [1.807, 2.05) is 11.0 Å². The van der Waals surface area contributed by atoms with Gasteiger partial charge in [0.25, 0.3) is 5.91 Å². The molecule has 7 nitrogen and oxygen atoms in total. The Morgan fingerprint density at radius 1 is 1.18 bits per heavy atom. The molecule has 2 N–H and O–H groups in total. The molecule has 0 aliphatic carbocycles. The first-order valence-electron chi connectivity index (χ1n) is 11.2. The van der Waals surface area contributed by atoms with Gasteiger partial charge in [0.05, 0.1) is 0 Å². The van der Waals surface area contributed by atoms with Crippen molar-refractivity contribution in [2.24, 2.45) is 0 Å². The summed E-state index contributed by atoms with van der Waals surface area (Å²) in [5.41, 5.74) is 1.19. The number of carbonyl (C=O) groups is 2. The van der Waals surface area contributed by atoms with Crippen molar-refractivity contribution >= 4 is 46.7 Å². The van der Waals surface area contributed by atoms with Crippen LogP contribution in [0, 0.1) is 12.3 Å². The number of aromatic nitrogens is 1. The standard InChI is InChI=1S/C24H30ClN5O2.ClH/c1-3-4-21(27-23(31)22-16-17-15-18(25)5-6-20(17)26-22)24(32)30-13-11-29(12-14-30)19-7-9-28(2)10-8-19;/h1,5-6,15-16,19,21,26H,4,7-14H2,2H3,(H,27,31);1H/t21-;/m1./s1. The quantitative estimate of drug-likeness (QED) is 0.630. The lowest BCUT2D eigenvalue weighted by Gasteiger charge is -2.42. The molecule has 2 saturated heterocycles. The normalized spacial score (nSPS) is 19.0. The molecule has 0 spiro atoms. The van der Waals surface area contributed by atoms with E-state index in [0.717, 1.165) is 37.1 Å². The summed E-state index contributed by atoms with van der Waals surface area (Å²) in [5, 5.41) is 4.27. The van der Waals surface area contributed by atoms with Gasteiger partial charge in [-0.1, -0.05) is 11.6 Å². The van der Waals surface area contributed by atoms with Crippen LogP contribution < -0.4 is 5.32 Å². The first-order chi connectivity index (χ1) is 15.4. The highest BCUT2D eigenvalue weighted by atomic mass is 35.5. The Morgan fingerprint density at radius 2 is 1.88 bits per heavy atom. The predicted molar refractivity (Wildman–Crippen MR) is 134 cm³/mol. The van der Waals surface area contributed by atoms with Gasteiger partial charge in [0.15, 0.2) is 0 Å². The van der Waals surface area contributed by atoms with Crippen LogP contribution in [0.4, 0.5) is 0 Å². The molecule has 33 heavy (non-hydrogen) atoms. The Balaban J connectivity index is 0.00000306. The van der Waals surface area contributed by atoms with Gasteiger partial charge in [0, 0.05) is 54.6 Å². The SMILES string of the molecule is C#CC[C@@H](NC(=O)c1cc2cc(Cl)ccc2[nH]1)C(=O)N1CCN(C2CCN(C)CC2)CC1.Cl. The predicted octanol–water partition coefficient (Wildman–Crippen LogP) is 2.60. The van der Waals surface area contributed by atoms with E-state index in [-0.39, 0.29) is 30.6 Å². The minimum absolute atomic E-state index is 0. The molecule has 9 heteroatoms. The van der Waals surface area contributed by atoms with Crippen molar-refractivity contribution in [2.45, 2.75) is 31.3 Å². The van der Waals surface area contributed by atoms with Gasteiger partial charge in [0.1, 0.15) is 11.7 Å². The number of nitrogens with zero attached hydrogens (tertiary/aromatic N) is 3. The molecule has 178 valence electrons. The smallest absolute Gasteiger partial charge is 0.268 e. The highest BCUT2D eigenvalue weighted by Gasteiger charge is 2.31. The number of hydrogen-bond donors (Lipinski definition) is 2. The van der Waals surface area contributed by atoms with E-state index in [2.05, 4.69) is 33.1 Å². The van der Waals surface area contributed by atoms with Crippen LogP contribution in [0.25, 0.3) is 10.9 Å². The van der Waals surface area contributed by atoms with E-state index in [4.69, 9.17) is 18.0 Å². The van der Waals surface area contributed by atoms with Crippen molar-refractivity contribution in [3.8, 4) is 12.3 Å². The molecule has 2 fully saturated rings. The summed E-state index contributed by atoms with van der Waals surface area (Å²) in [6, 6.07) is 6.96. The van der Waals surface area contributed by atoms with Crippen LogP contribution in [0.5, 0.6) is 0 Å². The van der Waals surface area contributed by atoms with Crippen molar-refractivity contribution in [1.29, 1.82) is 0 Å². The van der Waals surface area contributed by atoms with Gasteiger partial charge in [-0.25, -0.2) is 0 Å². The van der Waals surface area contributed by atoms with Gasteiger partial charge < -0.3 is 20.1 Å². The molecule has 0 unspecified atom stereocenters. The van der Waals surface area contributed by atoms with E-state index in [0.29, 0.717) is 29.8 Å². The molecule has 2 aliphatic heterocycles. The third kappa shape index (κ3) is 6.01. The van der Waals surface area contributed by atoms with Crippen LogP contribution in [0.3, 0.4) is 0 Å². The van der Waals surface area contributed by atoms with Gasteiger partial charge >= 0.3 is 0 Å². The molecule has 2 aromatic rings. The minimum Gasteiger partial charge on any atom is -0.351 e. The molecule has 4 rings (SSSR count). The molecular formula is C24H31Cl2N5O2. The number of halogens is 2. The molecule has 2 aliphatic rings. The fraction of sp³-hybridized carbons (Fsp3) is 0.500. The molecule has 1 atom stereocenters. The van der Waals surface area contributed by atoms with Gasteiger partial charge in [-0.2, -0.15) is 0 Å². The Morgan fingerprint density at radius 3 is 2.55 bits per heavy atom. The number of rotatable bonds is 5. The lowest BCUT2D eigenvalue weighted by Crippen LogP contribution is -2.57. The van der Waals surface area contributed by atoms with Gasteiger partial charge in [-0.15, -0.1) is 24.8 Å². The van der Waals surface area contributed by atoms with Gasteiger partial charge in [0.2, 0.25) is 5.91 Å². The zero-order valence-corrected chi connectivity index (χ0v) is 20.4. The van der Waals surface area contributed by atoms with Crippen molar-refractivity contribution in [3.05, 3.63) is 35.0 Å². The van der Waals surface area contributed by atoms with Crippen LogP contribution in [0.15, 0.2) is 24.3 Å². The Hall–Kier alpha value is -2.24. The number of H-pyrrole nitrogens is 1. The Bertz CT molecular complexity index is 1020. The first kappa shape index (κ1) is 25.4. The summed E-state index contributed by atoms with van der Waals surface area (Å²) in [6.45, 7) is 5.29. The van der Waals surface area contributed by atoms with E-state index < -0.39 is 6.04 Å². The number of hydrogen-bond acceptors (Lipinski definition) is 4. The summed E-state index contributed by atoms with van der Waals surface area (Å²) in [5.74, 6) is 2.07. The van der Waals surface area contributed by atoms with E-state index in [1.54, 1.807) is 18.2 Å². The molecular weight excluding hydrogens is 461 g/mol. The molecule has 3 heterocycles. The van der Waals surface area contributed by atoms with Crippen molar-refractivity contribution in [3.63, 3.8) is 0 Å². The summed E-state index contributed by atoms with van der Waals surface area (Å²) < 4.78 is 0. The lowest BCUT2D eigenvalue weighted by molar-refractivity contribution is -0.135. The first-order valence-corrected chi connectivity index (χ1v) is 11.6. The molecule has 0 saturated carbocycles. The van der Waals surface area contributed by atoms with Crippen LogP contribution in [-0.4, -0.2) is 89.9 Å². The van der Waals surface area contributed by atoms with Crippen molar-refractivity contribution in [1.82, 2.24) is 25.0 Å². The van der Waals surface area contributed by atoms with E-state index in [9.17, 15) is 9.59 Å². The molecule has 1 aromatic carbocycles. The topological polar surface area (TPSA) is 71.7 Å². The number of piperazine rings is 1. The van der Waals surface area contributed by atoms with E-state index >= 15 is 0 Å². The number of carbonyl (C=O) groups excluding carboxylic acids is 2. The van der Waals surface area contributed by atoms with Crippen LogP contribution in [0.1, 0.15) is 29.8 Å². The molecule has 0 bridgehead atoms. The number of nitrogens with one attached hydrogen (secondary N) is 2. The summed E-state index contributed by atoms with van der Waals surface area (Å²) >= 11 is 6.03. The number of piperidine rings is 1. The average Bonchev–Trinajstić information content (AvgIpc) is 3.22. The number of aromatic amines is 1. The lowest BCUT2D eigenvalue weighted by atomic mass is 10.0. The number of terminal acetylenes is 1. The molecule has 0 radical (unpaired) electrons. The second kappa shape index (κ2) is 11.3. The minimum atomic E-state index is -0.739. The number of fused-ring (bicyclic) bond motifs is 1. The highest BCUT2D eigenvalue weighted by molar-refractivity contribution is 6.31. The Labute approximate surface area is 206 Å². The monoisotopic (exact) mass is 491 g/mol. The third-order valence-electron chi connectivity index (χ3n) is 6.58. The Kier molecular flexibility index (Phi) is 8.66. The fourth-order valence-electron chi connectivity index (χ4n) is 4.67. The van der Waals surface area contributed by atoms with Crippen LogP contribution in [-0.2, 0) is 4.79 Å². The van der Waals surface area contributed by atoms with E-state index in [1.165, 1.54) is 12.8 Å². The third-order valence-corrected chi connectivity index (χ3v) is 6.82. The molecule has 2 amide bonds. The fourth-order valence-corrected chi connectivity index (χ4v) is 4.85. The van der Waals surface area contributed by atoms with Gasteiger partial charge in [-0.3, -0.25) is 14.5 Å². The number of benzene rings is 1. The zero-order valence-electron chi connectivity index (χ0n) is 18.8. The number of likely N-dealkylation sites (tertiary alicyclic amines) is 1. The maximum atomic E-state index is 13.2. The molecule has 1 aromatic heterocycles. The van der Waals surface area contributed by atoms with Crippen molar-refractivity contribution < 1.29 is 9.59 Å². The highest BCUT2D eigenvalue weighted by Crippen LogP contribution is 2.21. The summed E-state index contributed by atoms with van der Waals surface area (Å²) in [7, 11) is 2.16. The number of amides is 2. The van der Waals surface area contributed by atoms with Crippen LogP contribution in [0.2, 0.25) is 5.02 Å².